The van der Waals surface area contributed by atoms with Gasteiger partial charge in [0.05, 0.1) is 6.04 Å². The van der Waals surface area contributed by atoms with Gasteiger partial charge in [-0.3, -0.25) is 11.3 Å². The Morgan fingerprint density at radius 1 is 1.05 bits per heavy atom. The topological polar surface area (TPSA) is 38.0 Å². The molecule has 0 amide bonds. The van der Waals surface area contributed by atoms with Crippen molar-refractivity contribution in [3.63, 3.8) is 0 Å². The van der Waals surface area contributed by atoms with Crippen LogP contribution in [-0.4, -0.2) is 0 Å². The molecule has 0 aliphatic heterocycles. The summed E-state index contributed by atoms with van der Waals surface area (Å²) in [5, 5.41) is 0. The molecule has 0 aromatic heterocycles. The molecule has 0 aliphatic carbocycles. The lowest BCUT2D eigenvalue weighted by molar-refractivity contribution is 0.551. The number of rotatable bonds is 4. The van der Waals surface area contributed by atoms with Crippen LogP contribution >= 0.6 is 15.9 Å². The van der Waals surface area contributed by atoms with Crippen molar-refractivity contribution in [3.8, 4) is 0 Å². The van der Waals surface area contributed by atoms with Gasteiger partial charge in [-0.05, 0) is 49.9 Å². The molecular formula is C17H21BrN2. The van der Waals surface area contributed by atoms with Crippen molar-refractivity contribution in [2.75, 3.05) is 0 Å². The van der Waals surface area contributed by atoms with E-state index in [4.69, 9.17) is 5.84 Å². The van der Waals surface area contributed by atoms with Gasteiger partial charge in [0.1, 0.15) is 0 Å². The molecule has 3 N–H and O–H groups in total. The number of aryl methyl sites for hydroxylation is 3. The molecule has 0 bridgehead atoms. The molecule has 0 saturated heterocycles. The molecule has 2 aromatic rings. The fourth-order valence-corrected chi connectivity index (χ4v) is 2.92. The van der Waals surface area contributed by atoms with E-state index < -0.39 is 0 Å². The summed E-state index contributed by atoms with van der Waals surface area (Å²) in [6.07, 6.45) is 0.883. The Morgan fingerprint density at radius 3 is 2.25 bits per heavy atom. The van der Waals surface area contributed by atoms with E-state index in [1.807, 2.05) is 0 Å². The summed E-state index contributed by atoms with van der Waals surface area (Å²) in [7, 11) is 0. The fourth-order valence-electron chi connectivity index (χ4n) is 2.52. The molecule has 106 valence electrons. The van der Waals surface area contributed by atoms with Crippen molar-refractivity contribution < 1.29 is 0 Å². The second kappa shape index (κ2) is 6.53. The van der Waals surface area contributed by atoms with Gasteiger partial charge in [-0.25, -0.2) is 0 Å². The predicted molar refractivity (Wildman–Crippen MR) is 88.6 cm³/mol. The molecule has 2 rings (SSSR count). The molecule has 0 radical (unpaired) electrons. The van der Waals surface area contributed by atoms with E-state index in [-0.39, 0.29) is 6.04 Å². The van der Waals surface area contributed by atoms with Crippen LogP contribution in [0.2, 0.25) is 0 Å². The lowest BCUT2D eigenvalue weighted by atomic mass is 9.96. The first-order chi connectivity index (χ1) is 9.49. The zero-order valence-electron chi connectivity index (χ0n) is 12.2. The highest BCUT2D eigenvalue weighted by Crippen LogP contribution is 2.24. The van der Waals surface area contributed by atoms with Gasteiger partial charge in [0.25, 0.3) is 0 Å². The summed E-state index contributed by atoms with van der Waals surface area (Å²) in [6.45, 7) is 6.34. The van der Waals surface area contributed by atoms with E-state index in [0.717, 1.165) is 10.9 Å². The van der Waals surface area contributed by atoms with Crippen molar-refractivity contribution in [3.05, 3.63) is 68.7 Å². The highest BCUT2D eigenvalue weighted by molar-refractivity contribution is 9.10. The number of nitrogens with two attached hydrogens (primary N) is 1. The lowest BCUT2D eigenvalue weighted by Gasteiger charge is -2.18. The highest BCUT2D eigenvalue weighted by atomic mass is 79.9. The largest absolute Gasteiger partial charge is 0.271 e. The minimum Gasteiger partial charge on any atom is -0.271 e. The van der Waals surface area contributed by atoms with Crippen LogP contribution in [0.3, 0.4) is 0 Å². The molecule has 0 saturated carbocycles. The van der Waals surface area contributed by atoms with E-state index in [1.54, 1.807) is 0 Å². The number of nitrogens with one attached hydrogen (secondary N) is 1. The first-order valence-corrected chi connectivity index (χ1v) is 7.58. The van der Waals surface area contributed by atoms with Gasteiger partial charge >= 0.3 is 0 Å². The molecule has 2 nitrogen and oxygen atoms in total. The summed E-state index contributed by atoms with van der Waals surface area (Å²) in [4.78, 5) is 0. The third kappa shape index (κ3) is 3.69. The van der Waals surface area contributed by atoms with Crippen LogP contribution in [0.1, 0.15) is 33.9 Å². The lowest BCUT2D eigenvalue weighted by Crippen LogP contribution is -2.29. The van der Waals surface area contributed by atoms with Gasteiger partial charge < -0.3 is 0 Å². The molecule has 3 heteroatoms. The van der Waals surface area contributed by atoms with Crippen molar-refractivity contribution in [2.45, 2.75) is 33.2 Å². The second-order valence-electron chi connectivity index (χ2n) is 5.43. The van der Waals surface area contributed by atoms with Gasteiger partial charge in [0, 0.05) is 4.47 Å². The first-order valence-electron chi connectivity index (χ1n) is 6.79. The van der Waals surface area contributed by atoms with Crippen LogP contribution in [-0.2, 0) is 6.42 Å². The predicted octanol–water partition coefficient (Wildman–Crippen LogP) is 4.12. The number of benzene rings is 2. The Bertz CT molecular complexity index is 588. The van der Waals surface area contributed by atoms with E-state index in [2.05, 4.69) is 78.5 Å². The fraction of sp³-hybridized carbons (Fsp3) is 0.294. The molecule has 0 aliphatic rings. The van der Waals surface area contributed by atoms with Gasteiger partial charge in [-0.15, -0.1) is 0 Å². The Labute approximate surface area is 129 Å². The van der Waals surface area contributed by atoms with Crippen molar-refractivity contribution in [1.29, 1.82) is 0 Å². The normalized spacial score (nSPS) is 12.4. The van der Waals surface area contributed by atoms with Crippen LogP contribution in [0, 0.1) is 20.8 Å². The van der Waals surface area contributed by atoms with E-state index in [1.165, 1.54) is 27.8 Å². The minimum absolute atomic E-state index is 0.119. The summed E-state index contributed by atoms with van der Waals surface area (Å²) >= 11 is 3.58. The average molecular weight is 333 g/mol. The van der Waals surface area contributed by atoms with E-state index >= 15 is 0 Å². The summed E-state index contributed by atoms with van der Waals surface area (Å²) < 4.78 is 1.12. The average Bonchev–Trinajstić information content (AvgIpc) is 2.38. The number of hydrogen-bond donors (Lipinski definition) is 2. The maximum atomic E-state index is 5.75. The SMILES string of the molecule is Cc1cc(C)cc(CC(NN)c2ccc(C)c(Br)c2)c1. The Kier molecular flexibility index (Phi) is 4.97. The quantitative estimate of drug-likeness (QED) is 0.652. The Balaban J connectivity index is 2.26. The van der Waals surface area contributed by atoms with Crippen molar-refractivity contribution in [2.24, 2.45) is 5.84 Å². The number of hydrogen-bond acceptors (Lipinski definition) is 2. The maximum absolute atomic E-state index is 5.75. The van der Waals surface area contributed by atoms with Gasteiger partial charge in [-0.2, -0.15) is 0 Å². The van der Waals surface area contributed by atoms with Crippen molar-refractivity contribution >= 4 is 15.9 Å². The third-order valence-corrected chi connectivity index (χ3v) is 4.38. The van der Waals surface area contributed by atoms with Gasteiger partial charge in [0.15, 0.2) is 0 Å². The molecule has 0 fully saturated rings. The molecular weight excluding hydrogens is 312 g/mol. The first kappa shape index (κ1) is 15.2. The summed E-state index contributed by atoms with van der Waals surface area (Å²) in [5.74, 6) is 5.75. The van der Waals surface area contributed by atoms with Crippen LogP contribution in [0.5, 0.6) is 0 Å². The molecule has 0 heterocycles. The smallest absolute Gasteiger partial charge is 0.0500 e. The van der Waals surface area contributed by atoms with Crippen molar-refractivity contribution in [1.82, 2.24) is 5.43 Å². The molecule has 1 atom stereocenters. The third-order valence-electron chi connectivity index (χ3n) is 3.52. The van der Waals surface area contributed by atoms with Gasteiger partial charge in [0.2, 0.25) is 0 Å². The molecule has 0 spiro atoms. The minimum atomic E-state index is 0.119. The highest BCUT2D eigenvalue weighted by Gasteiger charge is 2.12. The van der Waals surface area contributed by atoms with Crippen LogP contribution in [0.15, 0.2) is 40.9 Å². The van der Waals surface area contributed by atoms with Crippen LogP contribution in [0.4, 0.5) is 0 Å². The summed E-state index contributed by atoms with van der Waals surface area (Å²) in [5.41, 5.74) is 9.25. The summed E-state index contributed by atoms with van der Waals surface area (Å²) in [6, 6.07) is 13.1. The molecule has 2 aromatic carbocycles. The van der Waals surface area contributed by atoms with E-state index in [0.29, 0.717) is 0 Å². The molecule has 20 heavy (non-hydrogen) atoms. The van der Waals surface area contributed by atoms with Crippen LogP contribution < -0.4 is 11.3 Å². The van der Waals surface area contributed by atoms with E-state index in [9.17, 15) is 0 Å². The van der Waals surface area contributed by atoms with Crippen LogP contribution in [0.25, 0.3) is 0 Å². The Hall–Kier alpha value is -1.16. The number of halogens is 1. The second-order valence-corrected chi connectivity index (χ2v) is 6.28. The number of hydrazine groups is 1. The zero-order valence-corrected chi connectivity index (χ0v) is 13.8. The molecule has 1 unspecified atom stereocenters. The monoisotopic (exact) mass is 332 g/mol. The zero-order chi connectivity index (χ0) is 14.7. The Morgan fingerprint density at radius 2 is 1.70 bits per heavy atom. The van der Waals surface area contributed by atoms with Gasteiger partial charge in [-0.1, -0.05) is 57.4 Å². The maximum Gasteiger partial charge on any atom is 0.0500 e. The standard InChI is InChI=1S/C17H21BrN2/c1-11-6-12(2)8-14(7-11)9-17(20-19)15-5-4-13(3)16(18)10-15/h4-8,10,17,20H,9,19H2,1-3H3.